The number of nitrogens with zero attached hydrogens (tertiary/aromatic N) is 3. The molecule has 2 aromatic rings. The van der Waals surface area contributed by atoms with E-state index < -0.39 is 5.97 Å². The molecule has 0 atom stereocenters. The van der Waals surface area contributed by atoms with Gasteiger partial charge in [-0.15, -0.1) is 0 Å². The van der Waals surface area contributed by atoms with E-state index >= 15 is 0 Å². The first kappa shape index (κ1) is 12.9. The van der Waals surface area contributed by atoms with Crippen LogP contribution in [-0.4, -0.2) is 28.0 Å². The number of hydrogen-bond donors (Lipinski definition) is 1. The van der Waals surface area contributed by atoms with Gasteiger partial charge in [-0.05, 0) is 30.2 Å². The summed E-state index contributed by atoms with van der Waals surface area (Å²) in [6.45, 7) is 2.59. The molecule has 0 spiro atoms. The summed E-state index contributed by atoms with van der Waals surface area (Å²) in [7, 11) is 1.30. The van der Waals surface area contributed by atoms with Crippen LogP contribution in [0, 0.1) is 6.92 Å². The molecular formula is C13H14N4O2. The van der Waals surface area contributed by atoms with Crippen LogP contribution in [-0.2, 0) is 11.3 Å². The quantitative estimate of drug-likeness (QED) is 0.839. The molecule has 0 bridgehead atoms. The molecule has 0 aliphatic carbocycles. The van der Waals surface area contributed by atoms with Gasteiger partial charge in [-0.2, -0.15) is 0 Å². The minimum atomic E-state index is -0.552. The van der Waals surface area contributed by atoms with Gasteiger partial charge in [0.15, 0.2) is 0 Å². The fourth-order valence-electron chi connectivity index (χ4n) is 1.53. The van der Waals surface area contributed by atoms with E-state index in [9.17, 15) is 4.79 Å². The third-order valence-corrected chi connectivity index (χ3v) is 2.62. The molecular weight excluding hydrogens is 244 g/mol. The lowest BCUT2D eigenvalue weighted by molar-refractivity contribution is 0.0587. The van der Waals surface area contributed by atoms with Crippen molar-refractivity contribution in [1.82, 2.24) is 15.0 Å². The lowest BCUT2D eigenvalue weighted by atomic mass is 10.1. The average molecular weight is 258 g/mol. The van der Waals surface area contributed by atoms with Gasteiger partial charge in [0.05, 0.1) is 7.11 Å². The number of methoxy groups -OCH3 is 1. The number of esters is 1. The monoisotopic (exact) mass is 258 g/mol. The summed E-state index contributed by atoms with van der Waals surface area (Å²) in [4.78, 5) is 23.3. The molecule has 0 saturated carbocycles. The number of anilines is 1. The van der Waals surface area contributed by atoms with Gasteiger partial charge in [0.2, 0.25) is 5.82 Å². The van der Waals surface area contributed by atoms with Crippen LogP contribution in [0.2, 0.25) is 0 Å². The van der Waals surface area contributed by atoms with Crippen LogP contribution in [0.1, 0.15) is 21.7 Å². The highest BCUT2D eigenvalue weighted by Gasteiger charge is 2.09. The van der Waals surface area contributed by atoms with Gasteiger partial charge in [0, 0.05) is 25.1 Å². The van der Waals surface area contributed by atoms with Crippen LogP contribution >= 0.6 is 0 Å². The molecule has 19 heavy (non-hydrogen) atoms. The van der Waals surface area contributed by atoms with Crippen LogP contribution in [0.25, 0.3) is 0 Å². The third-order valence-electron chi connectivity index (χ3n) is 2.62. The summed E-state index contributed by atoms with van der Waals surface area (Å²) >= 11 is 0. The first-order valence-electron chi connectivity index (χ1n) is 5.75. The molecule has 0 aliphatic rings. The van der Waals surface area contributed by atoms with E-state index in [0.717, 1.165) is 11.1 Å². The maximum absolute atomic E-state index is 11.3. The first-order valence-corrected chi connectivity index (χ1v) is 5.75. The van der Waals surface area contributed by atoms with Crippen molar-refractivity contribution in [2.24, 2.45) is 0 Å². The normalized spacial score (nSPS) is 10.0. The predicted octanol–water partition coefficient (Wildman–Crippen LogP) is 1.58. The Bertz CT molecular complexity index is 586. The van der Waals surface area contributed by atoms with Gasteiger partial charge in [-0.25, -0.2) is 14.8 Å². The molecule has 0 saturated heterocycles. The second-order valence-electron chi connectivity index (χ2n) is 3.91. The summed E-state index contributed by atoms with van der Waals surface area (Å²) in [5.41, 5.74) is 2.21. The van der Waals surface area contributed by atoms with Crippen molar-refractivity contribution in [3.8, 4) is 0 Å². The maximum atomic E-state index is 11.3. The van der Waals surface area contributed by atoms with Crippen molar-refractivity contribution >= 4 is 11.8 Å². The Morgan fingerprint density at radius 2 is 2.21 bits per heavy atom. The lowest BCUT2D eigenvalue weighted by Gasteiger charge is -2.08. The molecule has 1 N–H and O–H groups in total. The molecule has 0 unspecified atom stereocenters. The standard InChI is InChI=1S/C13H14N4O2/c1-9-7-14-5-3-10(9)8-16-11-4-6-15-12(17-11)13(18)19-2/h3-7H,8H2,1-2H3,(H,15,16,17). The molecule has 0 aromatic carbocycles. The van der Waals surface area contributed by atoms with E-state index in [-0.39, 0.29) is 5.82 Å². The molecule has 0 amide bonds. The molecule has 0 aliphatic heterocycles. The summed E-state index contributed by atoms with van der Waals surface area (Å²) in [6.07, 6.45) is 5.06. The van der Waals surface area contributed by atoms with Crippen LogP contribution < -0.4 is 5.32 Å². The number of aromatic nitrogens is 3. The van der Waals surface area contributed by atoms with E-state index in [1.54, 1.807) is 18.5 Å². The molecule has 98 valence electrons. The summed E-state index contributed by atoms with van der Waals surface area (Å²) < 4.78 is 4.57. The molecule has 0 radical (unpaired) electrons. The van der Waals surface area contributed by atoms with Crippen molar-refractivity contribution in [3.63, 3.8) is 0 Å². The van der Waals surface area contributed by atoms with Crippen LogP contribution in [0.4, 0.5) is 5.82 Å². The van der Waals surface area contributed by atoms with Crippen molar-refractivity contribution < 1.29 is 9.53 Å². The number of carbonyl (C=O) groups is 1. The predicted molar refractivity (Wildman–Crippen MR) is 69.7 cm³/mol. The smallest absolute Gasteiger partial charge is 0.376 e. The van der Waals surface area contributed by atoms with E-state index in [1.807, 2.05) is 13.0 Å². The number of aryl methyl sites for hydroxylation is 1. The van der Waals surface area contributed by atoms with Gasteiger partial charge in [-0.1, -0.05) is 0 Å². The number of ether oxygens (including phenoxy) is 1. The minimum absolute atomic E-state index is 0.0407. The molecule has 2 heterocycles. The second-order valence-corrected chi connectivity index (χ2v) is 3.91. The van der Waals surface area contributed by atoms with Gasteiger partial charge < -0.3 is 10.1 Å². The number of nitrogens with one attached hydrogen (secondary N) is 1. The average Bonchev–Trinajstić information content (AvgIpc) is 2.46. The van der Waals surface area contributed by atoms with Gasteiger partial charge in [0.25, 0.3) is 0 Å². The Labute approximate surface area is 110 Å². The van der Waals surface area contributed by atoms with Crippen LogP contribution in [0.3, 0.4) is 0 Å². The highest BCUT2D eigenvalue weighted by atomic mass is 16.5. The van der Waals surface area contributed by atoms with Crippen molar-refractivity contribution in [2.45, 2.75) is 13.5 Å². The fraction of sp³-hybridized carbons (Fsp3) is 0.231. The Morgan fingerprint density at radius 3 is 2.95 bits per heavy atom. The molecule has 6 nitrogen and oxygen atoms in total. The highest BCUT2D eigenvalue weighted by molar-refractivity contribution is 5.85. The number of hydrogen-bond acceptors (Lipinski definition) is 6. The zero-order valence-electron chi connectivity index (χ0n) is 10.8. The number of rotatable bonds is 4. The van der Waals surface area contributed by atoms with Crippen molar-refractivity contribution in [1.29, 1.82) is 0 Å². The molecule has 2 rings (SSSR count). The first-order chi connectivity index (χ1) is 9.20. The fourth-order valence-corrected chi connectivity index (χ4v) is 1.53. The van der Waals surface area contributed by atoms with Gasteiger partial charge >= 0.3 is 5.97 Å². The minimum Gasteiger partial charge on any atom is -0.463 e. The van der Waals surface area contributed by atoms with E-state index in [2.05, 4.69) is 25.0 Å². The van der Waals surface area contributed by atoms with E-state index in [0.29, 0.717) is 12.4 Å². The molecule has 0 fully saturated rings. The van der Waals surface area contributed by atoms with Gasteiger partial charge in [0.1, 0.15) is 5.82 Å². The van der Waals surface area contributed by atoms with E-state index in [4.69, 9.17) is 0 Å². The summed E-state index contributed by atoms with van der Waals surface area (Å²) in [5, 5.41) is 3.13. The highest BCUT2D eigenvalue weighted by Crippen LogP contribution is 2.09. The topological polar surface area (TPSA) is 77.0 Å². The molecule has 2 aromatic heterocycles. The lowest BCUT2D eigenvalue weighted by Crippen LogP contribution is -2.10. The Morgan fingerprint density at radius 1 is 1.37 bits per heavy atom. The van der Waals surface area contributed by atoms with Crippen molar-refractivity contribution in [2.75, 3.05) is 12.4 Å². The summed E-state index contributed by atoms with van der Waals surface area (Å²) in [5.74, 6) is 0.0642. The molecule has 6 heteroatoms. The van der Waals surface area contributed by atoms with Crippen LogP contribution in [0.5, 0.6) is 0 Å². The number of carbonyl (C=O) groups excluding carboxylic acids is 1. The zero-order valence-corrected chi connectivity index (χ0v) is 10.8. The Balaban J connectivity index is 2.08. The largest absolute Gasteiger partial charge is 0.463 e. The summed E-state index contributed by atoms with van der Waals surface area (Å²) in [6, 6.07) is 3.63. The van der Waals surface area contributed by atoms with Crippen molar-refractivity contribution in [3.05, 3.63) is 47.7 Å². The number of pyridine rings is 1. The third kappa shape index (κ3) is 3.25. The zero-order chi connectivity index (χ0) is 13.7. The van der Waals surface area contributed by atoms with Gasteiger partial charge in [-0.3, -0.25) is 4.98 Å². The SMILES string of the molecule is COC(=O)c1nccc(NCc2ccncc2C)n1. The van der Waals surface area contributed by atoms with E-state index in [1.165, 1.54) is 13.3 Å². The Hall–Kier alpha value is -2.50. The van der Waals surface area contributed by atoms with Crippen LogP contribution in [0.15, 0.2) is 30.7 Å². The second kappa shape index (κ2) is 5.90. The Kier molecular flexibility index (Phi) is 4.02. The maximum Gasteiger partial charge on any atom is 0.376 e.